The fourth-order valence-electron chi connectivity index (χ4n) is 5.37. The second kappa shape index (κ2) is 11.4. The van der Waals surface area contributed by atoms with Crippen molar-refractivity contribution >= 4 is 32.5 Å². The minimum atomic E-state index is -3.51. The molecule has 1 fully saturated rings. The van der Waals surface area contributed by atoms with Crippen LogP contribution in [0.25, 0.3) is 10.9 Å². The van der Waals surface area contributed by atoms with Crippen molar-refractivity contribution in [1.29, 1.82) is 0 Å². The molecular formula is C28H36N4O5S. The molecule has 0 unspecified atom stereocenters. The second-order valence-corrected chi connectivity index (χ2v) is 12.0. The number of aromatic nitrogens is 1. The van der Waals surface area contributed by atoms with Crippen molar-refractivity contribution in [2.45, 2.75) is 57.3 Å². The van der Waals surface area contributed by atoms with Crippen LogP contribution in [0.4, 0.5) is 5.69 Å². The Morgan fingerprint density at radius 1 is 1.21 bits per heavy atom. The number of benzene rings is 2. The lowest BCUT2D eigenvalue weighted by molar-refractivity contribution is 0.0657. The maximum Gasteiger partial charge on any atom is 0.251 e. The number of amides is 1. The number of rotatable bonds is 9. The van der Waals surface area contributed by atoms with Crippen LogP contribution < -0.4 is 15.4 Å². The molecule has 1 amide bonds. The number of sulfonamides is 1. The number of ether oxygens (including phenoxy) is 1. The highest BCUT2D eigenvalue weighted by Crippen LogP contribution is 2.34. The molecule has 0 aliphatic carbocycles. The van der Waals surface area contributed by atoms with Gasteiger partial charge in [0.25, 0.3) is 5.91 Å². The van der Waals surface area contributed by atoms with E-state index in [-0.39, 0.29) is 17.7 Å². The van der Waals surface area contributed by atoms with Gasteiger partial charge in [-0.1, -0.05) is 30.3 Å². The van der Waals surface area contributed by atoms with Gasteiger partial charge in [-0.15, -0.1) is 0 Å². The topological polar surface area (TPSA) is 122 Å². The molecule has 38 heavy (non-hydrogen) atoms. The summed E-state index contributed by atoms with van der Waals surface area (Å²) in [6.45, 7) is 4.46. The molecule has 5 rings (SSSR count). The first-order valence-electron chi connectivity index (χ1n) is 13.3. The summed E-state index contributed by atoms with van der Waals surface area (Å²) in [5.41, 5.74) is 3.54. The third kappa shape index (κ3) is 6.04. The van der Waals surface area contributed by atoms with E-state index in [2.05, 4.69) is 15.4 Å². The summed E-state index contributed by atoms with van der Waals surface area (Å²) < 4.78 is 35.2. The zero-order valence-corrected chi connectivity index (χ0v) is 22.5. The molecule has 0 radical (unpaired) electrons. The van der Waals surface area contributed by atoms with Crippen LogP contribution in [0, 0.1) is 0 Å². The van der Waals surface area contributed by atoms with Crippen LogP contribution in [-0.2, 0) is 34.1 Å². The van der Waals surface area contributed by atoms with Crippen molar-refractivity contribution in [2.24, 2.45) is 0 Å². The molecule has 204 valence electrons. The quantitative estimate of drug-likeness (QED) is 0.331. The number of nitrogens with zero attached hydrogens (tertiary/aromatic N) is 1. The van der Waals surface area contributed by atoms with Crippen molar-refractivity contribution in [3.8, 4) is 0 Å². The van der Waals surface area contributed by atoms with E-state index >= 15 is 0 Å². The van der Waals surface area contributed by atoms with Gasteiger partial charge < -0.3 is 25.0 Å². The zero-order valence-electron chi connectivity index (χ0n) is 21.7. The first-order chi connectivity index (χ1) is 18.3. The summed E-state index contributed by atoms with van der Waals surface area (Å²) in [6.07, 6.45) is 3.81. The monoisotopic (exact) mass is 540 g/mol. The maximum atomic E-state index is 13.6. The van der Waals surface area contributed by atoms with E-state index in [1.54, 1.807) is 6.07 Å². The van der Waals surface area contributed by atoms with E-state index in [0.29, 0.717) is 50.4 Å². The van der Waals surface area contributed by atoms with Gasteiger partial charge in [0, 0.05) is 49.5 Å². The fraction of sp³-hybridized carbons (Fsp3) is 0.464. The standard InChI is InChI=1S/C28H36N4O5S/c1-2-32-18-20-10-13-38(35,36)31-24-15-21(16-25(32)27(20)24)28(34)30-23(14-19-6-4-3-5-7-19)26(33)17-29-22-8-11-37-12-9-22/h3-7,15-16,18,22-23,26,29,31,33H,2,8-14,17H2,1H3,(H,30,34)/t23-,26+/m0/s1. The van der Waals surface area contributed by atoms with Crippen LogP contribution >= 0.6 is 0 Å². The van der Waals surface area contributed by atoms with Gasteiger partial charge in [0.15, 0.2) is 0 Å². The third-order valence-electron chi connectivity index (χ3n) is 7.48. The summed E-state index contributed by atoms with van der Waals surface area (Å²) in [5.74, 6) is -0.361. The Morgan fingerprint density at radius 3 is 2.71 bits per heavy atom. The molecule has 0 spiro atoms. The number of hydrogen-bond donors (Lipinski definition) is 4. The predicted molar refractivity (Wildman–Crippen MR) is 148 cm³/mol. The molecule has 9 nitrogen and oxygen atoms in total. The number of carbonyl (C=O) groups is 1. The van der Waals surface area contributed by atoms with E-state index < -0.39 is 22.2 Å². The number of aryl methyl sites for hydroxylation is 2. The smallest absolute Gasteiger partial charge is 0.251 e. The van der Waals surface area contributed by atoms with Crippen LogP contribution in [0.15, 0.2) is 48.7 Å². The number of aliphatic hydroxyl groups excluding tert-OH is 1. The lowest BCUT2D eigenvalue weighted by Crippen LogP contribution is -2.50. The molecule has 1 saturated heterocycles. The molecule has 0 saturated carbocycles. The minimum Gasteiger partial charge on any atom is -0.390 e. The van der Waals surface area contributed by atoms with E-state index in [0.717, 1.165) is 34.9 Å². The molecule has 2 aromatic carbocycles. The van der Waals surface area contributed by atoms with Gasteiger partial charge in [0.2, 0.25) is 10.0 Å². The van der Waals surface area contributed by atoms with Crippen molar-refractivity contribution in [3.63, 3.8) is 0 Å². The lowest BCUT2D eigenvalue weighted by atomic mass is 9.99. The SMILES string of the molecule is CCn1cc2c3c(cc(C(=O)N[C@@H](Cc4ccccc4)[C@H](O)CNC4CCOCC4)cc31)NS(=O)(=O)CC2. The zero-order chi connectivity index (χ0) is 26.7. The molecule has 0 bridgehead atoms. The molecule has 2 aliphatic rings. The Morgan fingerprint density at radius 2 is 1.97 bits per heavy atom. The van der Waals surface area contributed by atoms with Gasteiger partial charge in [-0.25, -0.2) is 8.42 Å². The van der Waals surface area contributed by atoms with Crippen molar-refractivity contribution in [1.82, 2.24) is 15.2 Å². The number of hydrogen-bond acceptors (Lipinski definition) is 6. The van der Waals surface area contributed by atoms with Crippen LogP contribution in [-0.4, -0.2) is 67.7 Å². The number of nitrogens with one attached hydrogen (secondary N) is 3. The van der Waals surface area contributed by atoms with Crippen molar-refractivity contribution in [3.05, 3.63) is 65.4 Å². The molecule has 3 aromatic rings. The average molecular weight is 541 g/mol. The highest BCUT2D eigenvalue weighted by Gasteiger charge is 2.27. The Bertz CT molecular complexity index is 1380. The first kappa shape index (κ1) is 26.7. The van der Waals surface area contributed by atoms with Gasteiger partial charge in [-0.05, 0) is 55.9 Å². The van der Waals surface area contributed by atoms with Crippen LogP contribution in [0.1, 0.15) is 41.3 Å². The molecule has 10 heteroatoms. The summed E-state index contributed by atoms with van der Waals surface area (Å²) >= 11 is 0. The molecule has 3 heterocycles. The largest absolute Gasteiger partial charge is 0.390 e. The van der Waals surface area contributed by atoms with E-state index in [1.807, 2.05) is 54.1 Å². The van der Waals surface area contributed by atoms with E-state index in [4.69, 9.17) is 4.74 Å². The third-order valence-corrected chi connectivity index (χ3v) is 8.76. The van der Waals surface area contributed by atoms with Gasteiger partial charge in [0.05, 0.1) is 29.1 Å². The van der Waals surface area contributed by atoms with Crippen molar-refractivity contribution < 1.29 is 23.1 Å². The molecular weight excluding hydrogens is 504 g/mol. The summed E-state index contributed by atoms with van der Waals surface area (Å²) in [6, 6.07) is 12.9. The van der Waals surface area contributed by atoms with Gasteiger partial charge in [0.1, 0.15) is 0 Å². The maximum absolute atomic E-state index is 13.6. The van der Waals surface area contributed by atoms with E-state index in [9.17, 15) is 18.3 Å². The minimum absolute atomic E-state index is 0.00248. The van der Waals surface area contributed by atoms with Crippen molar-refractivity contribution in [2.75, 3.05) is 30.2 Å². The van der Waals surface area contributed by atoms with E-state index in [1.165, 1.54) is 0 Å². The molecule has 4 N–H and O–H groups in total. The number of carbonyl (C=O) groups excluding carboxylic acids is 1. The Kier molecular flexibility index (Phi) is 8.04. The Balaban J connectivity index is 1.41. The number of anilines is 1. The fourth-order valence-corrected chi connectivity index (χ4v) is 6.46. The molecule has 1 aromatic heterocycles. The second-order valence-electron chi connectivity index (χ2n) is 10.2. The molecule has 2 atom stereocenters. The molecule has 2 aliphatic heterocycles. The van der Waals surface area contributed by atoms with Crippen LogP contribution in [0.5, 0.6) is 0 Å². The summed E-state index contributed by atoms with van der Waals surface area (Å²) in [5, 5.41) is 18.5. The Hall–Kier alpha value is -2.92. The number of aliphatic hydroxyl groups is 1. The lowest BCUT2D eigenvalue weighted by Gasteiger charge is -2.28. The van der Waals surface area contributed by atoms with Gasteiger partial charge in [-0.3, -0.25) is 9.52 Å². The normalized spacial score (nSPS) is 18.9. The Labute approximate surface area is 223 Å². The summed E-state index contributed by atoms with van der Waals surface area (Å²) in [4.78, 5) is 13.6. The van der Waals surface area contributed by atoms with Gasteiger partial charge >= 0.3 is 0 Å². The van der Waals surface area contributed by atoms with Crippen LogP contribution in [0.3, 0.4) is 0 Å². The predicted octanol–water partition coefficient (Wildman–Crippen LogP) is 2.43. The van der Waals surface area contributed by atoms with Crippen LogP contribution in [0.2, 0.25) is 0 Å². The summed E-state index contributed by atoms with van der Waals surface area (Å²) in [7, 11) is -3.51. The first-order valence-corrected chi connectivity index (χ1v) is 15.0. The van der Waals surface area contributed by atoms with Gasteiger partial charge in [-0.2, -0.15) is 0 Å². The highest BCUT2D eigenvalue weighted by atomic mass is 32.2. The average Bonchev–Trinajstić information content (AvgIpc) is 3.22. The highest BCUT2D eigenvalue weighted by molar-refractivity contribution is 7.92.